The summed E-state index contributed by atoms with van der Waals surface area (Å²) in [6, 6.07) is 15.7. The van der Waals surface area contributed by atoms with Crippen LogP contribution in [0.1, 0.15) is 30.5 Å². The van der Waals surface area contributed by atoms with E-state index in [2.05, 4.69) is 47.4 Å². The lowest BCUT2D eigenvalue weighted by molar-refractivity contribution is -0.117. The van der Waals surface area contributed by atoms with Crippen molar-refractivity contribution in [3.8, 4) is 5.75 Å². The van der Waals surface area contributed by atoms with E-state index in [4.69, 9.17) is 4.74 Å². The minimum absolute atomic E-state index is 0.0655. The Bertz CT molecular complexity index is 700. The van der Waals surface area contributed by atoms with Crippen LogP contribution in [0.3, 0.4) is 0 Å². The molecule has 3 N–H and O–H groups in total. The number of ether oxygens (including phenoxy) is 1. The van der Waals surface area contributed by atoms with Gasteiger partial charge in [-0.25, -0.2) is 10.9 Å². The van der Waals surface area contributed by atoms with Crippen LogP contribution >= 0.6 is 0 Å². The molecule has 0 aliphatic carbocycles. The van der Waals surface area contributed by atoms with Crippen molar-refractivity contribution in [2.75, 3.05) is 11.9 Å². The van der Waals surface area contributed by atoms with E-state index in [1.807, 2.05) is 31.2 Å². The Labute approximate surface area is 142 Å². The first-order valence-electron chi connectivity index (χ1n) is 8.27. The fourth-order valence-corrected chi connectivity index (χ4v) is 2.82. The highest BCUT2D eigenvalue weighted by Gasteiger charge is 2.30. The number of aryl methyl sites for hydroxylation is 1. The molecule has 5 nitrogen and oxygen atoms in total. The number of anilines is 1. The quantitative estimate of drug-likeness (QED) is 0.791. The molecule has 2 aromatic carbocycles. The average molecular weight is 325 g/mol. The summed E-state index contributed by atoms with van der Waals surface area (Å²) in [7, 11) is 0. The summed E-state index contributed by atoms with van der Waals surface area (Å²) >= 11 is 0. The molecule has 126 valence electrons. The van der Waals surface area contributed by atoms with Gasteiger partial charge in [-0.3, -0.25) is 4.79 Å². The maximum atomic E-state index is 12.5. The molecule has 0 bridgehead atoms. The molecule has 0 spiro atoms. The van der Waals surface area contributed by atoms with Crippen LogP contribution in [0.2, 0.25) is 0 Å². The number of carbonyl (C=O) groups excluding carboxylic acids is 1. The zero-order valence-corrected chi connectivity index (χ0v) is 14.0. The van der Waals surface area contributed by atoms with E-state index in [-0.39, 0.29) is 18.0 Å². The number of hydrogen-bond donors (Lipinski definition) is 3. The van der Waals surface area contributed by atoms with Gasteiger partial charge in [-0.15, -0.1) is 0 Å². The van der Waals surface area contributed by atoms with Crippen molar-refractivity contribution in [1.29, 1.82) is 0 Å². The topological polar surface area (TPSA) is 62.4 Å². The second-order valence-corrected chi connectivity index (χ2v) is 5.96. The summed E-state index contributed by atoms with van der Waals surface area (Å²) in [6.07, 6.45) is 0.700. The Kier molecular flexibility index (Phi) is 5.13. The van der Waals surface area contributed by atoms with Gasteiger partial charge in [0, 0.05) is 6.04 Å². The summed E-state index contributed by atoms with van der Waals surface area (Å²) in [4.78, 5) is 12.5. The molecule has 24 heavy (non-hydrogen) atoms. The van der Waals surface area contributed by atoms with Crippen molar-refractivity contribution in [2.24, 2.45) is 0 Å². The molecule has 3 rings (SSSR count). The second kappa shape index (κ2) is 7.47. The molecule has 2 aromatic rings. The van der Waals surface area contributed by atoms with E-state index in [9.17, 15) is 4.79 Å². The van der Waals surface area contributed by atoms with Crippen LogP contribution in [0.25, 0.3) is 0 Å². The van der Waals surface area contributed by atoms with Gasteiger partial charge in [0.2, 0.25) is 5.91 Å². The number of hydrogen-bond acceptors (Lipinski definition) is 4. The Morgan fingerprint density at radius 2 is 1.92 bits per heavy atom. The van der Waals surface area contributed by atoms with Gasteiger partial charge < -0.3 is 10.1 Å². The van der Waals surface area contributed by atoms with Gasteiger partial charge in [0.05, 0.1) is 12.3 Å². The summed E-state index contributed by atoms with van der Waals surface area (Å²) in [5.41, 5.74) is 9.40. The Balaban J connectivity index is 1.63. The smallest absolute Gasteiger partial charge is 0.243 e. The predicted octanol–water partition coefficient (Wildman–Crippen LogP) is 2.94. The lowest BCUT2D eigenvalue weighted by atomic mass is 10.0. The summed E-state index contributed by atoms with van der Waals surface area (Å²) < 4.78 is 5.55. The first-order chi connectivity index (χ1) is 11.7. The molecule has 2 atom stereocenters. The first-order valence-corrected chi connectivity index (χ1v) is 8.27. The van der Waals surface area contributed by atoms with Crippen LogP contribution in [0.5, 0.6) is 5.75 Å². The molecule has 0 aromatic heterocycles. The normalized spacial score (nSPS) is 19.9. The predicted molar refractivity (Wildman–Crippen MR) is 94.8 cm³/mol. The van der Waals surface area contributed by atoms with Gasteiger partial charge in [-0.1, -0.05) is 42.0 Å². The molecular weight excluding hydrogens is 302 g/mol. The second-order valence-electron chi connectivity index (χ2n) is 5.96. The van der Waals surface area contributed by atoms with Crippen molar-refractivity contribution in [3.63, 3.8) is 0 Å². The van der Waals surface area contributed by atoms with Crippen LogP contribution in [0, 0.1) is 6.92 Å². The Morgan fingerprint density at radius 1 is 1.17 bits per heavy atom. The van der Waals surface area contributed by atoms with Crippen LogP contribution in [-0.4, -0.2) is 18.6 Å². The largest absolute Gasteiger partial charge is 0.492 e. The van der Waals surface area contributed by atoms with E-state index in [0.717, 1.165) is 0 Å². The van der Waals surface area contributed by atoms with Crippen molar-refractivity contribution >= 4 is 11.6 Å². The van der Waals surface area contributed by atoms with Gasteiger partial charge in [0.1, 0.15) is 11.8 Å². The molecule has 5 heteroatoms. The fourth-order valence-electron chi connectivity index (χ4n) is 2.82. The van der Waals surface area contributed by atoms with E-state index in [1.165, 1.54) is 11.1 Å². The number of para-hydroxylation sites is 2. The van der Waals surface area contributed by atoms with E-state index >= 15 is 0 Å². The summed E-state index contributed by atoms with van der Waals surface area (Å²) in [6.45, 7) is 4.55. The maximum Gasteiger partial charge on any atom is 0.243 e. The van der Waals surface area contributed by atoms with Gasteiger partial charge in [-0.2, -0.15) is 0 Å². The first kappa shape index (κ1) is 16.5. The van der Waals surface area contributed by atoms with Crippen LogP contribution < -0.4 is 20.9 Å². The van der Waals surface area contributed by atoms with Crippen LogP contribution in [0.4, 0.5) is 5.69 Å². The molecule has 1 fully saturated rings. The standard InChI is InChI=1S/C19H23N3O2/c1-3-24-18-7-5-4-6-15(18)20-19(23)17-12-16(21-22-17)14-10-8-13(2)9-11-14/h4-11,16-17,21-22H,3,12H2,1-2H3,(H,20,23). The van der Waals surface area contributed by atoms with Crippen molar-refractivity contribution in [2.45, 2.75) is 32.4 Å². The number of hydrazine groups is 1. The molecule has 1 heterocycles. The maximum absolute atomic E-state index is 12.5. The Morgan fingerprint density at radius 3 is 2.67 bits per heavy atom. The van der Waals surface area contributed by atoms with E-state index in [0.29, 0.717) is 24.5 Å². The zero-order chi connectivity index (χ0) is 16.9. The minimum Gasteiger partial charge on any atom is -0.492 e. The Hall–Kier alpha value is -2.37. The highest BCUT2D eigenvalue weighted by molar-refractivity contribution is 5.96. The van der Waals surface area contributed by atoms with Gasteiger partial charge in [0.25, 0.3) is 0 Å². The van der Waals surface area contributed by atoms with Gasteiger partial charge in [0.15, 0.2) is 0 Å². The number of rotatable bonds is 5. The van der Waals surface area contributed by atoms with Crippen molar-refractivity contribution in [1.82, 2.24) is 10.9 Å². The number of amides is 1. The molecule has 0 saturated carbocycles. The molecule has 0 radical (unpaired) electrons. The number of nitrogens with one attached hydrogen (secondary N) is 3. The highest BCUT2D eigenvalue weighted by atomic mass is 16.5. The van der Waals surface area contributed by atoms with Gasteiger partial charge >= 0.3 is 0 Å². The molecular formula is C19H23N3O2. The average Bonchev–Trinajstić information content (AvgIpc) is 3.08. The minimum atomic E-state index is -0.286. The lowest BCUT2D eigenvalue weighted by Gasteiger charge is -2.14. The lowest BCUT2D eigenvalue weighted by Crippen LogP contribution is -2.39. The van der Waals surface area contributed by atoms with Gasteiger partial charge in [-0.05, 0) is 38.0 Å². The molecule has 1 aliphatic rings. The third-order valence-electron chi connectivity index (χ3n) is 4.14. The highest BCUT2D eigenvalue weighted by Crippen LogP contribution is 2.26. The van der Waals surface area contributed by atoms with Crippen molar-refractivity contribution in [3.05, 3.63) is 59.7 Å². The zero-order valence-electron chi connectivity index (χ0n) is 14.0. The van der Waals surface area contributed by atoms with E-state index in [1.54, 1.807) is 0 Å². The molecule has 1 saturated heterocycles. The molecule has 1 amide bonds. The monoisotopic (exact) mass is 325 g/mol. The third kappa shape index (κ3) is 3.75. The molecule has 2 unspecified atom stereocenters. The van der Waals surface area contributed by atoms with Crippen molar-refractivity contribution < 1.29 is 9.53 Å². The summed E-state index contributed by atoms with van der Waals surface area (Å²) in [5, 5.41) is 2.95. The van der Waals surface area contributed by atoms with Crippen LogP contribution in [-0.2, 0) is 4.79 Å². The summed E-state index contributed by atoms with van der Waals surface area (Å²) in [5.74, 6) is 0.624. The third-order valence-corrected chi connectivity index (χ3v) is 4.14. The number of benzene rings is 2. The van der Waals surface area contributed by atoms with E-state index < -0.39 is 0 Å². The number of carbonyl (C=O) groups is 1. The molecule has 1 aliphatic heterocycles. The van der Waals surface area contributed by atoms with Crippen LogP contribution in [0.15, 0.2) is 48.5 Å². The fraction of sp³-hybridized carbons (Fsp3) is 0.316. The SMILES string of the molecule is CCOc1ccccc1NC(=O)C1CC(c2ccc(C)cc2)NN1.